The van der Waals surface area contributed by atoms with Gasteiger partial charge in [-0.3, -0.25) is 14.2 Å². The van der Waals surface area contributed by atoms with Crippen molar-refractivity contribution in [2.75, 3.05) is 17.8 Å². The Bertz CT molecular complexity index is 1070. The number of likely N-dealkylation sites (tertiary alicyclic amines) is 1. The van der Waals surface area contributed by atoms with E-state index < -0.39 is 10.0 Å². The van der Waals surface area contributed by atoms with Crippen molar-refractivity contribution in [2.45, 2.75) is 23.6 Å². The molecule has 0 radical (unpaired) electrons. The molecular formula is C19H21N5O3S2. The molecule has 1 N–H and O–H groups in total. The molecule has 3 aromatic rings. The summed E-state index contributed by atoms with van der Waals surface area (Å²) in [5.41, 5.74) is 0.846. The number of hydrogen-bond acceptors (Lipinski definition) is 6. The quantitative estimate of drug-likeness (QED) is 0.647. The zero-order valence-electron chi connectivity index (χ0n) is 15.6. The third kappa shape index (κ3) is 4.65. The Hall–Kier alpha value is -2.72. The Morgan fingerprint density at radius 2 is 2.17 bits per heavy atom. The molecule has 0 bridgehead atoms. The number of rotatable bonds is 6. The van der Waals surface area contributed by atoms with Gasteiger partial charge >= 0.3 is 0 Å². The highest BCUT2D eigenvalue weighted by molar-refractivity contribution is 7.94. The fourth-order valence-corrected chi connectivity index (χ4v) is 5.56. The molecular weight excluding hydrogens is 410 g/mol. The Balaban J connectivity index is 1.45. The second kappa shape index (κ2) is 8.34. The highest BCUT2D eigenvalue weighted by atomic mass is 32.2. The first-order chi connectivity index (χ1) is 14.0. The standard InChI is InChI=1S/C19H21N5O3S2/c25-19(23-9-2-4-15(13-23)14-24-10-8-20-22-24)16-5-1-6-17(12-16)21-29(26,27)18-7-3-11-28-18/h1,3,5-8,10-12,15,21H,2,4,9,13-14H2. The predicted molar refractivity (Wildman–Crippen MR) is 110 cm³/mol. The molecule has 1 saturated heterocycles. The number of hydrogen-bond donors (Lipinski definition) is 1. The van der Waals surface area contributed by atoms with Crippen LogP contribution in [0.15, 0.2) is 58.4 Å². The normalized spacial score (nSPS) is 17.2. The second-order valence-electron chi connectivity index (χ2n) is 7.00. The molecule has 10 heteroatoms. The zero-order chi connectivity index (χ0) is 20.3. The second-order valence-corrected chi connectivity index (χ2v) is 9.86. The van der Waals surface area contributed by atoms with Gasteiger partial charge < -0.3 is 4.90 Å². The largest absolute Gasteiger partial charge is 0.338 e. The SMILES string of the molecule is O=C(c1cccc(NS(=O)(=O)c2cccs2)c1)N1CCCC(Cn2ccnn2)C1. The van der Waals surface area contributed by atoms with Crippen LogP contribution < -0.4 is 4.72 Å². The summed E-state index contributed by atoms with van der Waals surface area (Å²) >= 11 is 1.15. The average molecular weight is 432 g/mol. The Morgan fingerprint density at radius 1 is 1.28 bits per heavy atom. The number of nitrogens with one attached hydrogen (secondary N) is 1. The fraction of sp³-hybridized carbons (Fsp3) is 0.316. The van der Waals surface area contributed by atoms with Crippen LogP contribution in [0.2, 0.25) is 0 Å². The van der Waals surface area contributed by atoms with Crippen molar-refractivity contribution in [3.05, 3.63) is 59.7 Å². The number of aromatic nitrogens is 3. The van der Waals surface area contributed by atoms with E-state index in [-0.39, 0.29) is 10.1 Å². The van der Waals surface area contributed by atoms with E-state index >= 15 is 0 Å². The van der Waals surface area contributed by atoms with Gasteiger partial charge in [0.05, 0.1) is 6.20 Å². The molecule has 1 aliphatic heterocycles. The minimum Gasteiger partial charge on any atom is -0.338 e. The molecule has 1 aliphatic rings. The molecule has 1 atom stereocenters. The van der Waals surface area contributed by atoms with Crippen molar-refractivity contribution in [1.82, 2.24) is 19.9 Å². The lowest BCUT2D eigenvalue weighted by molar-refractivity contribution is 0.0659. The van der Waals surface area contributed by atoms with Crippen molar-refractivity contribution in [3.63, 3.8) is 0 Å². The number of carbonyl (C=O) groups is 1. The summed E-state index contributed by atoms with van der Waals surface area (Å²) in [5, 5.41) is 9.54. The summed E-state index contributed by atoms with van der Waals surface area (Å²) in [4.78, 5) is 14.8. The van der Waals surface area contributed by atoms with E-state index in [1.165, 1.54) is 0 Å². The molecule has 3 heterocycles. The van der Waals surface area contributed by atoms with E-state index in [2.05, 4.69) is 15.0 Å². The van der Waals surface area contributed by atoms with Crippen LogP contribution in [0.4, 0.5) is 5.69 Å². The number of amides is 1. The van der Waals surface area contributed by atoms with Crippen LogP contribution in [0.1, 0.15) is 23.2 Å². The fourth-order valence-electron chi connectivity index (χ4n) is 3.51. The van der Waals surface area contributed by atoms with Gasteiger partial charge in [0.1, 0.15) is 4.21 Å². The van der Waals surface area contributed by atoms with E-state index in [0.717, 1.165) is 30.7 Å². The van der Waals surface area contributed by atoms with E-state index in [1.807, 2.05) is 11.1 Å². The van der Waals surface area contributed by atoms with Crippen molar-refractivity contribution >= 4 is 33.0 Å². The maximum absolute atomic E-state index is 13.0. The molecule has 0 aliphatic carbocycles. The number of piperidine rings is 1. The van der Waals surface area contributed by atoms with Gasteiger partial charge in [-0.15, -0.1) is 16.4 Å². The topological polar surface area (TPSA) is 97.2 Å². The maximum Gasteiger partial charge on any atom is 0.271 e. The van der Waals surface area contributed by atoms with Crippen molar-refractivity contribution in [1.29, 1.82) is 0 Å². The summed E-state index contributed by atoms with van der Waals surface area (Å²) in [5.74, 6) is 0.223. The molecule has 8 nitrogen and oxygen atoms in total. The van der Waals surface area contributed by atoms with Crippen LogP contribution >= 0.6 is 11.3 Å². The van der Waals surface area contributed by atoms with E-state index in [0.29, 0.717) is 30.3 Å². The molecule has 0 spiro atoms. The molecule has 1 amide bonds. The van der Waals surface area contributed by atoms with Crippen molar-refractivity contribution in [2.24, 2.45) is 5.92 Å². The van der Waals surface area contributed by atoms with Gasteiger partial charge in [-0.2, -0.15) is 0 Å². The van der Waals surface area contributed by atoms with Crippen LogP contribution in [0.3, 0.4) is 0 Å². The third-order valence-corrected chi connectivity index (χ3v) is 7.62. The Labute approximate surface area is 173 Å². The minimum atomic E-state index is -3.65. The first-order valence-electron chi connectivity index (χ1n) is 9.31. The number of anilines is 1. The molecule has 1 unspecified atom stereocenters. The summed E-state index contributed by atoms with van der Waals surface area (Å²) in [6, 6.07) is 9.87. The van der Waals surface area contributed by atoms with Gasteiger partial charge in [0.2, 0.25) is 0 Å². The number of thiophene rings is 1. The molecule has 0 saturated carbocycles. The van der Waals surface area contributed by atoms with Crippen LogP contribution in [-0.4, -0.2) is 47.3 Å². The predicted octanol–water partition coefficient (Wildman–Crippen LogP) is 2.69. The smallest absolute Gasteiger partial charge is 0.271 e. The van der Waals surface area contributed by atoms with Crippen LogP contribution in [0.5, 0.6) is 0 Å². The molecule has 2 aromatic heterocycles. The third-order valence-electron chi connectivity index (χ3n) is 4.85. The lowest BCUT2D eigenvalue weighted by Crippen LogP contribution is -2.41. The van der Waals surface area contributed by atoms with Gasteiger partial charge in [0.25, 0.3) is 15.9 Å². The lowest BCUT2D eigenvalue weighted by atomic mass is 9.97. The first kappa shape index (κ1) is 19.6. The number of benzene rings is 1. The summed E-state index contributed by atoms with van der Waals surface area (Å²) in [6.45, 7) is 2.06. The number of nitrogens with zero attached hydrogens (tertiary/aromatic N) is 4. The number of carbonyl (C=O) groups excluding carboxylic acids is 1. The van der Waals surface area contributed by atoms with Gasteiger partial charge in [-0.1, -0.05) is 17.3 Å². The lowest BCUT2D eigenvalue weighted by Gasteiger charge is -2.32. The van der Waals surface area contributed by atoms with Gasteiger partial charge in [0, 0.05) is 37.1 Å². The van der Waals surface area contributed by atoms with E-state index in [1.54, 1.807) is 52.7 Å². The van der Waals surface area contributed by atoms with Crippen LogP contribution in [-0.2, 0) is 16.6 Å². The minimum absolute atomic E-state index is 0.0922. The maximum atomic E-state index is 13.0. The monoisotopic (exact) mass is 431 g/mol. The van der Waals surface area contributed by atoms with Crippen molar-refractivity contribution < 1.29 is 13.2 Å². The number of sulfonamides is 1. The van der Waals surface area contributed by atoms with Crippen molar-refractivity contribution in [3.8, 4) is 0 Å². The zero-order valence-corrected chi connectivity index (χ0v) is 17.3. The summed E-state index contributed by atoms with van der Waals surface area (Å²) < 4.78 is 29.4. The highest BCUT2D eigenvalue weighted by Crippen LogP contribution is 2.23. The molecule has 29 heavy (non-hydrogen) atoms. The van der Waals surface area contributed by atoms with E-state index in [4.69, 9.17) is 0 Å². The van der Waals surface area contributed by atoms with Gasteiger partial charge in [0.15, 0.2) is 0 Å². The molecule has 4 rings (SSSR count). The Morgan fingerprint density at radius 3 is 2.93 bits per heavy atom. The van der Waals surface area contributed by atoms with Gasteiger partial charge in [-0.25, -0.2) is 8.42 Å². The van der Waals surface area contributed by atoms with E-state index in [9.17, 15) is 13.2 Å². The van der Waals surface area contributed by atoms with Gasteiger partial charge in [-0.05, 0) is 48.4 Å². The van der Waals surface area contributed by atoms with Crippen LogP contribution in [0, 0.1) is 5.92 Å². The highest BCUT2D eigenvalue weighted by Gasteiger charge is 2.25. The molecule has 1 fully saturated rings. The summed E-state index contributed by atoms with van der Waals surface area (Å²) in [6.07, 6.45) is 5.43. The average Bonchev–Trinajstić information content (AvgIpc) is 3.42. The van der Waals surface area contributed by atoms with Crippen LogP contribution in [0.25, 0.3) is 0 Å². The summed E-state index contributed by atoms with van der Waals surface area (Å²) in [7, 11) is -3.65. The molecule has 152 valence electrons. The Kier molecular flexibility index (Phi) is 5.63. The first-order valence-corrected chi connectivity index (χ1v) is 11.7. The molecule has 1 aromatic carbocycles.